The van der Waals surface area contributed by atoms with E-state index in [2.05, 4.69) is 0 Å². The van der Waals surface area contributed by atoms with Crippen molar-refractivity contribution < 1.29 is 4.39 Å². The van der Waals surface area contributed by atoms with E-state index in [-0.39, 0.29) is 17.1 Å². The van der Waals surface area contributed by atoms with Crippen LogP contribution in [0.2, 0.25) is 0 Å². The lowest BCUT2D eigenvalue weighted by Crippen LogP contribution is -1.86. The molecule has 58 valence electrons. The van der Waals surface area contributed by atoms with E-state index in [4.69, 9.17) is 11.6 Å². The number of rotatable bonds is 1. The second-order valence-electron chi connectivity index (χ2n) is 2.88. The Morgan fingerprint density at radius 3 is 2.55 bits per heavy atom. The van der Waals surface area contributed by atoms with Crippen LogP contribution in [0.4, 0.5) is 4.39 Å². The van der Waals surface area contributed by atoms with Crippen molar-refractivity contribution in [2.24, 2.45) is 0 Å². The van der Waals surface area contributed by atoms with Crippen molar-refractivity contribution in [1.29, 1.82) is 0 Å². The number of hydrogen-bond donors (Lipinski definition) is 0. The van der Waals surface area contributed by atoms with Crippen molar-refractivity contribution >= 4 is 11.6 Å². The third-order valence-electron chi connectivity index (χ3n) is 2.02. The smallest absolute Gasteiger partial charge is 0.126 e. The third kappa shape index (κ3) is 1.25. The molecule has 0 spiro atoms. The van der Waals surface area contributed by atoms with Gasteiger partial charge in [-0.15, -0.1) is 11.6 Å². The molecule has 11 heavy (non-hydrogen) atoms. The summed E-state index contributed by atoms with van der Waals surface area (Å²) in [6, 6.07) is 6.84. The maximum absolute atomic E-state index is 13.0. The third-order valence-corrected chi connectivity index (χ3v) is 2.50. The van der Waals surface area contributed by atoms with E-state index in [0.717, 1.165) is 12.0 Å². The van der Waals surface area contributed by atoms with Crippen molar-refractivity contribution in [3.05, 3.63) is 35.6 Å². The van der Waals surface area contributed by atoms with Gasteiger partial charge in [-0.25, -0.2) is 4.39 Å². The van der Waals surface area contributed by atoms with Gasteiger partial charge in [0.25, 0.3) is 0 Å². The van der Waals surface area contributed by atoms with Gasteiger partial charge in [-0.05, 0) is 18.1 Å². The Morgan fingerprint density at radius 1 is 1.36 bits per heavy atom. The fourth-order valence-electron chi connectivity index (χ4n) is 1.26. The van der Waals surface area contributed by atoms with E-state index in [1.807, 2.05) is 12.1 Å². The Morgan fingerprint density at radius 2 is 2.00 bits per heavy atom. The molecule has 1 aliphatic carbocycles. The van der Waals surface area contributed by atoms with Gasteiger partial charge in [0, 0.05) is 11.3 Å². The van der Waals surface area contributed by atoms with E-state index in [9.17, 15) is 4.39 Å². The first kappa shape index (κ1) is 7.11. The van der Waals surface area contributed by atoms with Gasteiger partial charge in [-0.1, -0.05) is 18.2 Å². The Hall–Kier alpha value is -0.560. The standard InChI is InChI=1S/C9H8ClF/c10-8-5-7(8)6-3-1-2-4-9(6)11/h1-4,7-8H,5H2. The molecule has 1 aliphatic rings. The molecule has 1 fully saturated rings. The van der Waals surface area contributed by atoms with Crippen LogP contribution < -0.4 is 0 Å². The molecule has 0 N–H and O–H groups in total. The highest BCUT2D eigenvalue weighted by Crippen LogP contribution is 2.45. The number of benzene rings is 1. The van der Waals surface area contributed by atoms with E-state index in [0.29, 0.717) is 0 Å². The first-order chi connectivity index (χ1) is 5.29. The molecule has 0 aromatic heterocycles. The zero-order valence-corrected chi connectivity index (χ0v) is 6.68. The maximum Gasteiger partial charge on any atom is 0.126 e. The van der Waals surface area contributed by atoms with Crippen LogP contribution in [0.15, 0.2) is 24.3 Å². The zero-order valence-electron chi connectivity index (χ0n) is 5.93. The Labute approximate surface area is 70.0 Å². The molecule has 0 heterocycles. The monoisotopic (exact) mass is 170 g/mol. The lowest BCUT2D eigenvalue weighted by molar-refractivity contribution is 0.611. The summed E-state index contributed by atoms with van der Waals surface area (Å²) in [5, 5.41) is 0.159. The van der Waals surface area contributed by atoms with Crippen LogP contribution in [0.3, 0.4) is 0 Å². The van der Waals surface area contributed by atoms with Gasteiger partial charge in [-0.2, -0.15) is 0 Å². The topological polar surface area (TPSA) is 0 Å². The van der Waals surface area contributed by atoms with E-state index in [1.54, 1.807) is 6.07 Å². The van der Waals surface area contributed by atoms with Crippen molar-refractivity contribution in [1.82, 2.24) is 0 Å². The molecule has 0 radical (unpaired) electrons. The minimum Gasteiger partial charge on any atom is -0.207 e. The van der Waals surface area contributed by atoms with Gasteiger partial charge >= 0.3 is 0 Å². The Balaban J connectivity index is 2.31. The largest absolute Gasteiger partial charge is 0.207 e. The molecule has 1 aromatic rings. The van der Waals surface area contributed by atoms with Gasteiger partial charge in [0.2, 0.25) is 0 Å². The summed E-state index contributed by atoms with van der Waals surface area (Å²) in [4.78, 5) is 0. The predicted molar refractivity (Wildman–Crippen MR) is 43.4 cm³/mol. The van der Waals surface area contributed by atoms with Crippen molar-refractivity contribution in [3.63, 3.8) is 0 Å². The lowest BCUT2D eigenvalue weighted by Gasteiger charge is -1.97. The molecule has 2 atom stereocenters. The van der Waals surface area contributed by atoms with Gasteiger partial charge in [0.1, 0.15) is 5.82 Å². The van der Waals surface area contributed by atoms with Crippen molar-refractivity contribution in [3.8, 4) is 0 Å². The maximum atomic E-state index is 13.0. The van der Waals surface area contributed by atoms with Gasteiger partial charge in [0.15, 0.2) is 0 Å². The Bertz CT molecular complexity index is 272. The molecule has 2 heteroatoms. The van der Waals surface area contributed by atoms with Crippen molar-refractivity contribution in [2.75, 3.05) is 0 Å². The summed E-state index contributed by atoms with van der Waals surface area (Å²) in [7, 11) is 0. The minimum atomic E-state index is -0.124. The normalized spacial score (nSPS) is 28.5. The van der Waals surface area contributed by atoms with Crippen LogP contribution in [0.5, 0.6) is 0 Å². The second kappa shape index (κ2) is 2.49. The highest BCUT2D eigenvalue weighted by molar-refractivity contribution is 6.23. The van der Waals surface area contributed by atoms with E-state index < -0.39 is 0 Å². The predicted octanol–water partition coefficient (Wildman–Crippen LogP) is 2.92. The summed E-state index contributed by atoms with van der Waals surface area (Å²) in [5.74, 6) is 0.138. The van der Waals surface area contributed by atoms with Crippen molar-refractivity contribution in [2.45, 2.75) is 17.7 Å². The van der Waals surface area contributed by atoms with Gasteiger partial charge in [0.05, 0.1) is 0 Å². The van der Waals surface area contributed by atoms with Crippen LogP contribution >= 0.6 is 11.6 Å². The fraction of sp³-hybridized carbons (Fsp3) is 0.333. The molecule has 2 unspecified atom stereocenters. The van der Waals surface area contributed by atoms with Crippen LogP contribution in [-0.4, -0.2) is 5.38 Å². The molecule has 2 rings (SSSR count). The average Bonchev–Trinajstić information content (AvgIpc) is 2.68. The van der Waals surface area contributed by atoms with E-state index in [1.165, 1.54) is 6.07 Å². The number of hydrogen-bond acceptors (Lipinski definition) is 0. The van der Waals surface area contributed by atoms with Gasteiger partial charge < -0.3 is 0 Å². The molecular weight excluding hydrogens is 163 g/mol. The second-order valence-corrected chi connectivity index (χ2v) is 3.44. The van der Waals surface area contributed by atoms with Crippen LogP contribution in [0.25, 0.3) is 0 Å². The highest BCUT2D eigenvalue weighted by atomic mass is 35.5. The summed E-state index contributed by atoms with van der Waals surface area (Å²) in [6.45, 7) is 0. The summed E-state index contributed by atoms with van der Waals surface area (Å²) in [6.07, 6.45) is 0.919. The number of halogens is 2. The molecule has 1 aromatic carbocycles. The fourth-order valence-corrected chi connectivity index (χ4v) is 1.59. The first-order valence-corrected chi connectivity index (χ1v) is 4.11. The van der Waals surface area contributed by atoms with E-state index >= 15 is 0 Å². The quantitative estimate of drug-likeness (QED) is 0.569. The molecule has 0 amide bonds. The molecule has 0 aliphatic heterocycles. The van der Waals surface area contributed by atoms with Crippen LogP contribution in [-0.2, 0) is 0 Å². The molecule has 0 nitrogen and oxygen atoms in total. The molecule has 1 saturated carbocycles. The zero-order chi connectivity index (χ0) is 7.84. The average molecular weight is 171 g/mol. The lowest BCUT2D eigenvalue weighted by atomic mass is 10.1. The molecule has 0 bridgehead atoms. The summed E-state index contributed by atoms with van der Waals surface area (Å²) >= 11 is 5.79. The van der Waals surface area contributed by atoms with Crippen LogP contribution in [0, 0.1) is 5.82 Å². The number of alkyl halides is 1. The van der Waals surface area contributed by atoms with Crippen LogP contribution in [0.1, 0.15) is 17.9 Å². The highest BCUT2D eigenvalue weighted by Gasteiger charge is 2.37. The first-order valence-electron chi connectivity index (χ1n) is 3.67. The molecule has 0 saturated heterocycles. The SMILES string of the molecule is Fc1ccccc1C1CC1Cl. The summed E-state index contributed by atoms with van der Waals surface area (Å²) < 4.78 is 13.0. The van der Waals surface area contributed by atoms with Gasteiger partial charge in [-0.3, -0.25) is 0 Å². The minimum absolute atomic E-state index is 0.124. The summed E-state index contributed by atoms with van der Waals surface area (Å²) in [5.41, 5.74) is 0.771. The Kier molecular flexibility index (Phi) is 1.61. The molecular formula is C9H8ClF.